The zero-order valence-electron chi connectivity index (χ0n) is 9.65. The molecule has 1 saturated carbocycles. The van der Waals surface area contributed by atoms with Crippen molar-refractivity contribution in [2.45, 2.75) is 50.4 Å². The lowest BCUT2D eigenvalue weighted by Crippen LogP contribution is -2.53. The van der Waals surface area contributed by atoms with Gasteiger partial charge in [0.15, 0.2) is 5.79 Å². The van der Waals surface area contributed by atoms with Crippen LogP contribution in [0.1, 0.15) is 38.5 Å². The summed E-state index contributed by atoms with van der Waals surface area (Å²) >= 11 is 0. The molecule has 0 bridgehead atoms. The van der Waals surface area contributed by atoms with Crippen molar-refractivity contribution in [3.63, 3.8) is 0 Å². The molecule has 3 rings (SSSR count). The molecule has 0 aromatic heterocycles. The number of allylic oxidation sites excluding steroid dienone is 1. The second-order valence-electron chi connectivity index (χ2n) is 5.24. The fourth-order valence-electron chi connectivity index (χ4n) is 3.64. The summed E-state index contributed by atoms with van der Waals surface area (Å²) in [7, 11) is 0. The first-order chi connectivity index (χ1) is 7.79. The van der Waals surface area contributed by atoms with Crippen molar-refractivity contribution in [3.8, 4) is 0 Å². The summed E-state index contributed by atoms with van der Waals surface area (Å²) < 4.78 is 11.9. The van der Waals surface area contributed by atoms with Crippen molar-refractivity contribution in [1.82, 2.24) is 0 Å². The first-order valence-corrected chi connectivity index (χ1v) is 6.42. The van der Waals surface area contributed by atoms with Crippen LogP contribution in [-0.2, 0) is 9.47 Å². The highest BCUT2D eigenvalue weighted by Crippen LogP contribution is 2.54. The van der Waals surface area contributed by atoms with Crippen LogP contribution in [0.4, 0.5) is 0 Å². The summed E-state index contributed by atoms with van der Waals surface area (Å²) in [6, 6.07) is 0. The summed E-state index contributed by atoms with van der Waals surface area (Å²) in [6.45, 7) is 1.35. The van der Waals surface area contributed by atoms with Crippen LogP contribution in [0.2, 0.25) is 0 Å². The first kappa shape index (κ1) is 10.8. The van der Waals surface area contributed by atoms with Gasteiger partial charge in [-0.05, 0) is 19.3 Å². The third-order valence-electron chi connectivity index (χ3n) is 4.51. The average molecular weight is 224 g/mol. The van der Waals surface area contributed by atoms with Gasteiger partial charge < -0.3 is 14.6 Å². The topological polar surface area (TPSA) is 38.7 Å². The number of rotatable bonds is 0. The molecule has 1 aliphatic heterocycles. The van der Waals surface area contributed by atoms with Crippen LogP contribution in [0.3, 0.4) is 0 Å². The Kier molecular flexibility index (Phi) is 2.57. The van der Waals surface area contributed by atoms with Crippen LogP contribution in [0, 0.1) is 5.41 Å². The van der Waals surface area contributed by atoms with E-state index >= 15 is 0 Å². The van der Waals surface area contributed by atoms with Crippen molar-refractivity contribution in [1.29, 1.82) is 0 Å². The highest BCUT2D eigenvalue weighted by molar-refractivity contribution is 5.16. The van der Waals surface area contributed by atoms with Gasteiger partial charge in [0.1, 0.15) is 0 Å². The number of aliphatic hydroxyl groups excluding tert-OH is 1. The molecule has 90 valence electrons. The predicted octanol–water partition coefficient (Wildman–Crippen LogP) is 2.00. The highest BCUT2D eigenvalue weighted by atomic mass is 16.7. The maximum absolute atomic E-state index is 10.3. The Morgan fingerprint density at radius 1 is 1.06 bits per heavy atom. The molecule has 2 atom stereocenters. The van der Waals surface area contributed by atoms with Gasteiger partial charge in [0, 0.05) is 6.42 Å². The van der Waals surface area contributed by atoms with Gasteiger partial charge in [-0.2, -0.15) is 0 Å². The summed E-state index contributed by atoms with van der Waals surface area (Å²) in [6.07, 6.45) is 10.00. The Labute approximate surface area is 96.4 Å². The minimum atomic E-state index is -0.508. The number of ether oxygens (including phenoxy) is 2. The van der Waals surface area contributed by atoms with Gasteiger partial charge in [0.25, 0.3) is 0 Å². The summed E-state index contributed by atoms with van der Waals surface area (Å²) in [5.41, 5.74) is -0.208. The van der Waals surface area contributed by atoms with Gasteiger partial charge in [-0.1, -0.05) is 25.0 Å². The molecule has 0 radical (unpaired) electrons. The molecule has 3 aliphatic rings. The smallest absolute Gasteiger partial charge is 0.177 e. The van der Waals surface area contributed by atoms with Gasteiger partial charge in [-0.25, -0.2) is 0 Å². The van der Waals surface area contributed by atoms with Crippen molar-refractivity contribution in [2.75, 3.05) is 13.2 Å². The van der Waals surface area contributed by atoms with E-state index < -0.39 is 11.9 Å². The molecule has 2 spiro atoms. The molecule has 3 nitrogen and oxygen atoms in total. The van der Waals surface area contributed by atoms with E-state index in [1.807, 2.05) is 6.08 Å². The summed E-state index contributed by atoms with van der Waals surface area (Å²) in [5, 5.41) is 10.3. The fraction of sp³-hybridized carbons (Fsp3) is 0.846. The van der Waals surface area contributed by atoms with Crippen molar-refractivity contribution < 1.29 is 14.6 Å². The molecule has 0 amide bonds. The minimum Gasteiger partial charge on any atom is -0.388 e. The van der Waals surface area contributed by atoms with E-state index in [1.165, 1.54) is 12.8 Å². The molecule has 0 unspecified atom stereocenters. The molecule has 2 fully saturated rings. The van der Waals surface area contributed by atoms with E-state index in [-0.39, 0.29) is 5.41 Å². The zero-order chi connectivity index (χ0) is 11.1. The normalized spacial score (nSPS) is 41.9. The Bertz CT molecular complexity index is 294. The van der Waals surface area contributed by atoms with Crippen LogP contribution in [-0.4, -0.2) is 30.2 Å². The van der Waals surface area contributed by atoms with Gasteiger partial charge in [0.05, 0.1) is 24.7 Å². The van der Waals surface area contributed by atoms with E-state index in [0.717, 1.165) is 25.7 Å². The second-order valence-corrected chi connectivity index (χ2v) is 5.24. The third-order valence-corrected chi connectivity index (χ3v) is 4.51. The van der Waals surface area contributed by atoms with E-state index in [9.17, 15) is 5.11 Å². The Morgan fingerprint density at radius 3 is 2.50 bits per heavy atom. The zero-order valence-corrected chi connectivity index (χ0v) is 9.65. The van der Waals surface area contributed by atoms with Gasteiger partial charge in [0.2, 0.25) is 0 Å². The maximum atomic E-state index is 10.3. The Hall–Kier alpha value is -0.380. The molecular weight excluding hydrogens is 204 g/mol. The SMILES string of the molecule is O[C@H]1C=CC[C@@]12CCCCCC21OCCO1. The lowest BCUT2D eigenvalue weighted by molar-refractivity contribution is -0.258. The molecule has 0 aromatic rings. The molecular formula is C13H20O3. The molecule has 16 heavy (non-hydrogen) atoms. The van der Waals surface area contributed by atoms with E-state index in [4.69, 9.17) is 9.47 Å². The summed E-state index contributed by atoms with van der Waals surface area (Å²) in [4.78, 5) is 0. The quantitative estimate of drug-likeness (QED) is 0.640. The Morgan fingerprint density at radius 2 is 1.81 bits per heavy atom. The second kappa shape index (κ2) is 3.83. The van der Waals surface area contributed by atoms with Crippen LogP contribution in [0.5, 0.6) is 0 Å². The van der Waals surface area contributed by atoms with E-state index in [2.05, 4.69) is 6.08 Å². The van der Waals surface area contributed by atoms with Gasteiger partial charge in [-0.3, -0.25) is 0 Å². The van der Waals surface area contributed by atoms with Crippen molar-refractivity contribution >= 4 is 0 Å². The predicted molar refractivity (Wildman–Crippen MR) is 59.9 cm³/mol. The van der Waals surface area contributed by atoms with Crippen LogP contribution in [0.15, 0.2) is 12.2 Å². The number of fused-ring (bicyclic) bond motifs is 1. The highest BCUT2D eigenvalue weighted by Gasteiger charge is 2.59. The molecule has 1 heterocycles. The van der Waals surface area contributed by atoms with E-state index in [1.54, 1.807) is 0 Å². The standard InChI is InChI=1S/C13H20O3/c14-11-5-4-7-12(11)6-2-1-3-8-13(12)15-9-10-16-13/h4-5,11,14H,1-3,6-10H2/t11-,12-/m0/s1. The van der Waals surface area contributed by atoms with Crippen LogP contribution < -0.4 is 0 Å². The van der Waals surface area contributed by atoms with Crippen molar-refractivity contribution in [2.24, 2.45) is 5.41 Å². The van der Waals surface area contributed by atoms with Gasteiger partial charge >= 0.3 is 0 Å². The monoisotopic (exact) mass is 224 g/mol. The number of hydrogen-bond acceptors (Lipinski definition) is 3. The minimum absolute atomic E-state index is 0.208. The molecule has 1 saturated heterocycles. The van der Waals surface area contributed by atoms with Crippen LogP contribution >= 0.6 is 0 Å². The average Bonchev–Trinajstić information content (AvgIpc) is 2.82. The number of hydrogen-bond donors (Lipinski definition) is 1. The van der Waals surface area contributed by atoms with Crippen LogP contribution in [0.25, 0.3) is 0 Å². The lowest BCUT2D eigenvalue weighted by atomic mass is 9.71. The largest absolute Gasteiger partial charge is 0.388 e. The number of aliphatic hydroxyl groups is 1. The maximum Gasteiger partial charge on any atom is 0.177 e. The third kappa shape index (κ3) is 1.31. The van der Waals surface area contributed by atoms with Gasteiger partial charge in [-0.15, -0.1) is 0 Å². The summed E-state index contributed by atoms with van der Waals surface area (Å²) in [5.74, 6) is -0.508. The van der Waals surface area contributed by atoms with Crippen molar-refractivity contribution in [3.05, 3.63) is 12.2 Å². The molecule has 1 N–H and O–H groups in total. The Balaban J connectivity index is 1.97. The molecule has 2 aliphatic carbocycles. The molecule has 3 heteroatoms. The van der Waals surface area contributed by atoms with E-state index in [0.29, 0.717) is 13.2 Å². The lowest BCUT2D eigenvalue weighted by Gasteiger charge is -2.45. The first-order valence-electron chi connectivity index (χ1n) is 6.42. The molecule has 0 aromatic carbocycles. The fourth-order valence-corrected chi connectivity index (χ4v) is 3.64.